The van der Waals surface area contributed by atoms with Gasteiger partial charge in [0.2, 0.25) is 0 Å². The van der Waals surface area contributed by atoms with Gasteiger partial charge in [0.25, 0.3) is 0 Å². The van der Waals surface area contributed by atoms with Crippen molar-refractivity contribution in [3.8, 4) is 0 Å². The minimum Gasteiger partial charge on any atom is -0.346 e. The highest BCUT2D eigenvalue weighted by atomic mass is 32.1. The molecule has 1 aromatic rings. The number of rotatable bonds is 1. The molecule has 0 radical (unpaired) electrons. The Bertz CT molecular complexity index is 484. The zero-order chi connectivity index (χ0) is 13.9. The minimum atomic E-state index is 0.683. The average molecular weight is 288 g/mol. The molecule has 0 unspecified atom stereocenters. The van der Waals surface area contributed by atoms with Crippen LogP contribution in [0.3, 0.4) is 0 Å². The minimum absolute atomic E-state index is 0.683. The molecule has 0 spiro atoms. The number of benzene rings is 1. The summed E-state index contributed by atoms with van der Waals surface area (Å²) in [7, 11) is 0. The van der Waals surface area contributed by atoms with Gasteiger partial charge in [0.15, 0.2) is 5.11 Å². The van der Waals surface area contributed by atoms with Crippen LogP contribution in [0.15, 0.2) is 24.3 Å². The van der Waals surface area contributed by atoms with Crippen LogP contribution in [-0.2, 0) is 0 Å². The Balaban J connectivity index is 1.69. The van der Waals surface area contributed by atoms with Gasteiger partial charge in [-0.3, -0.25) is 0 Å². The topological polar surface area (TPSA) is 15.3 Å². The number of nitrogens with one attached hydrogen (secondary N) is 1. The summed E-state index contributed by atoms with van der Waals surface area (Å²) in [5.41, 5.74) is 2.39. The predicted octanol–water partition coefficient (Wildman–Crippen LogP) is 4.35. The maximum Gasteiger partial charge on any atom is 0.173 e. The molecule has 0 bridgehead atoms. The van der Waals surface area contributed by atoms with Crippen molar-refractivity contribution in [1.82, 2.24) is 4.90 Å². The fourth-order valence-electron chi connectivity index (χ4n) is 3.80. The van der Waals surface area contributed by atoms with E-state index in [2.05, 4.69) is 41.4 Å². The van der Waals surface area contributed by atoms with E-state index in [1.807, 2.05) is 0 Å². The van der Waals surface area contributed by atoms with E-state index >= 15 is 0 Å². The summed E-state index contributed by atoms with van der Waals surface area (Å²) in [4.78, 5) is 2.46. The van der Waals surface area contributed by atoms with Gasteiger partial charge in [-0.25, -0.2) is 0 Å². The summed E-state index contributed by atoms with van der Waals surface area (Å²) >= 11 is 5.68. The van der Waals surface area contributed by atoms with Crippen molar-refractivity contribution in [2.75, 3.05) is 11.9 Å². The summed E-state index contributed by atoms with van der Waals surface area (Å²) in [6, 6.07) is 9.14. The maximum atomic E-state index is 5.68. The van der Waals surface area contributed by atoms with E-state index in [1.165, 1.54) is 44.1 Å². The van der Waals surface area contributed by atoms with E-state index in [0.717, 1.165) is 23.3 Å². The van der Waals surface area contributed by atoms with Crippen LogP contribution in [-0.4, -0.2) is 22.6 Å². The van der Waals surface area contributed by atoms with Gasteiger partial charge in [0.05, 0.1) is 0 Å². The molecule has 0 amide bonds. The second-order valence-electron chi connectivity index (χ2n) is 6.25. The van der Waals surface area contributed by atoms with Crippen molar-refractivity contribution < 1.29 is 0 Å². The highest BCUT2D eigenvalue weighted by molar-refractivity contribution is 7.80. The van der Waals surface area contributed by atoms with E-state index in [-0.39, 0.29) is 0 Å². The largest absolute Gasteiger partial charge is 0.346 e. The van der Waals surface area contributed by atoms with Crippen LogP contribution in [0.25, 0.3) is 0 Å². The normalized spacial score (nSPS) is 25.9. The first kappa shape index (κ1) is 13.9. The second kappa shape index (κ2) is 6.13. The Hall–Kier alpha value is -1.09. The summed E-state index contributed by atoms with van der Waals surface area (Å²) in [6.45, 7) is 3.24. The van der Waals surface area contributed by atoms with Crippen molar-refractivity contribution >= 4 is 23.0 Å². The van der Waals surface area contributed by atoms with Gasteiger partial charge in [-0.05, 0) is 68.4 Å². The second-order valence-corrected chi connectivity index (χ2v) is 6.63. The molecule has 2 nitrogen and oxygen atoms in total. The van der Waals surface area contributed by atoms with E-state index in [1.54, 1.807) is 0 Å². The first-order valence-electron chi connectivity index (χ1n) is 7.88. The first-order valence-corrected chi connectivity index (χ1v) is 8.29. The SMILES string of the molecule is Cc1cccc(NC(=S)N2CCC[C@H]3CCCC[C@H]32)c1. The molecule has 1 aliphatic carbocycles. The Morgan fingerprint density at radius 3 is 2.85 bits per heavy atom. The van der Waals surface area contributed by atoms with Crippen molar-refractivity contribution in [3.63, 3.8) is 0 Å². The van der Waals surface area contributed by atoms with Crippen LogP contribution in [0.4, 0.5) is 5.69 Å². The number of likely N-dealkylation sites (tertiary alicyclic amines) is 1. The summed E-state index contributed by atoms with van der Waals surface area (Å²) in [5, 5.41) is 4.37. The lowest BCUT2D eigenvalue weighted by Crippen LogP contribution is -2.51. The van der Waals surface area contributed by atoms with Crippen LogP contribution in [0.2, 0.25) is 0 Å². The quantitative estimate of drug-likeness (QED) is 0.774. The number of aryl methyl sites for hydroxylation is 1. The number of fused-ring (bicyclic) bond motifs is 1. The number of nitrogens with zero attached hydrogens (tertiary/aromatic N) is 1. The molecule has 0 aromatic heterocycles. The molecule has 1 saturated heterocycles. The Morgan fingerprint density at radius 1 is 1.20 bits per heavy atom. The number of anilines is 1. The molecule has 2 atom stereocenters. The fourth-order valence-corrected chi connectivity index (χ4v) is 4.14. The molecule has 1 aromatic carbocycles. The third-order valence-corrected chi connectivity index (χ3v) is 5.11. The third kappa shape index (κ3) is 2.98. The van der Waals surface area contributed by atoms with Gasteiger partial charge < -0.3 is 10.2 Å². The zero-order valence-corrected chi connectivity index (χ0v) is 13.1. The van der Waals surface area contributed by atoms with Crippen LogP contribution in [0, 0.1) is 12.8 Å². The fraction of sp³-hybridized carbons (Fsp3) is 0.588. The molecule has 1 aliphatic heterocycles. The number of hydrogen-bond acceptors (Lipinski definition) is 1. The summed E-state index contributed by atoms with van der Waals surface area (Å²) < 4.78 is 0. The van der Waals surface area contributed by atoms with Gasteiger partial charge in [-0.15, -0.1) is 0 Å². The molecule has 3 heteroatoms. The van der Waals surface area contributed by atoms with Crippen molar-refractivity contribution in [1.29, 1.82) is 0 Å². The Kier molecular flexibility index (Phi) is 4.25. The summed E-state index contributed by atoms with van der Waals surface area (Å²) in [5.74, 6) is 0.870. The Labute approximate surface area is 127 Å². The highest BCUT2D eigenvalue weighted by Crippen LogP contribution is 2.35. The molecular weight excluding hydrogens is 264 g/mol. The van der Waals surface area contributed by atoms with Crippen molar-refractivity contribution in [2.24, 2.45) is 5.92 Å². The van der Waals surface area contributed by atoms with Crippen LogP contribution in [0.1, 0.15) is 44.1 Å². The van der Waals surface area contributed by atoms with Gasteiger partial charge in [0, 0.05) is 18.3 Å². The summed E-state index contributed by atoms with van der Waals surface area (Å²) in [6.07, 6.45) is 8.18. The van der Waals surface area contributed by atoms with Gasteiger partial charge in [-0.1, -0.05) is 25.0 Å². The molecule has 20 heavy (non-hydrogen) atoms. The first-order chi connectivity index (χ1) is 9.74. The zero-order valence-electron chi connectivity index (χ0n) is 12.3. The number of piperidine rings is 1. The smallest absolute Gasteiger partial charge is 0.173 e. The lowest BCUT2D eigenvalue weighted by atomic mass is 9.78. The van der Waals surface area contributed by atoms with Crippen molar-refractivity contribution in [2.45, 2.75) is 51.5 Å². The molecule has 108 valence electrons. The molecule has 2 aliphatic rings. The van der Waals surface area contributed by atoms with E-state index in [4.69, 9.17) is 12.2 Å². The molecule has 1 heterocycles. The van der Waals surface area contributed by atoms with E-state index < -0.39 is 0 Å². The third-order valence-electron chi connectivity index (χ3n) is 4.77. The molecule has 1 saturated carbocycles. The van der Waals surface area contributed by atoms with Gasteiger partial charge >= 0.3 is 0 Å². The number of thiocarbonyl (C=S) groups is 1. The lowest BCUT2D eigenvalue weighted by molar-refractivity contribution is 0.121. The Morgan fingerprint density at radius 2 is 2.00 bits per heavy atom. The van der Waals surface area contributed by atoms with Crippen LogP contribution >= 0.6 is 12.2 Å². The molecule has 2 fully saturated rings. The molecular formula is C17H24N2S. The number of hydrogen-bond donors (Lipinski definition) is 1. The maximum absolute atomic E-state index is 5.68. The van der Waals surface area contributed by atoms with Gasteiger partial charge in [-0.2, -0.15) is 0 Å². The standard InChI is InChI=1S/C17H24N2S/c1-13-6-4-9-15(12-13)18-17(20)19-11-5-8-14-7-2-3-10-16(14)19/h4,6,9,12,14,16H,2-3,5,7-8,10-11H2,1H3,(H,18,20)/t14-,16-/m1/s1. The van der Waals surface area contributed by atoms with E-state index in [0.29, 0.717) is 6.04 Å². The predicted molar refractivity (Wildman–Crippen MR) is 89.1 cm³/mol. The van der Waals surface area contributed by atoms with Gasteiger partial charge in [0.1, 0.15) is 0 Å². The van der Waals surface area contributed by atoms with Crippen molar-refractivity contribution in [3.05, 3.63) is 29.8 Å². The highest BCUT2D eigenvalue weighted by Gasteiger charge is 2.34. The van der Waals surface area contributed by atoms with Crippen LogP contribution in [0.5, 0.6) is 0 Å². The van der Waals surface area contributed by atoms with Crippen LogP contribution < -0.4 is 5.32 Å². The molecule has 3 rings (SSSR count). The lowest BCUT2D eigenvalue weighted by Gasteiger charge is -2.45. The molecule has 1 N–H and O–H groups in total. The monoisotopic (exact) mass is 288 g/mol. The van der Waals surface area contributed by atoms with E-state index in [9.17, 15) is 0 Å². The average Bonchev–Trinajstić information content (AvgIpc) is 2.46.